The lowest BCUT2D eigenvalue weighted by molar-refractivity contribution is -0.00627. The molecule has 2 atom stereocenters. The number of ether oxygens (including phenoxy) is 1. The molecule has 0 saturated heterocycles. The quantitative estimate of drug-likeness (QED) is 0.596. The van der Waals surface area contributed by atoms with Gasteiger partial charge in [0, 0.05) is 0 Å². The fraction of sp³-hybridized carbons (Fsp3) is 1.00. The Bertz CT molecular complexity index is 89.8. The average molecular weight is 183 g/mol. The van der Waals surface area contributed by atoms with Gasteiger partial charge in [0.05, 0.1) is 13.2 Å². The van der Waals surface area contributed by atoms with Crippen molar-refractivity contribution < 1.29 is 14.9 Å². The van der Waals surface area contributed by atoms with E-state index < -0.39 is 6.10 Å². The van der Waals surface area contributed by atoms with Crippen molar-refractivity contribution in [3.8, 4) is 0 Å². The molecular formula is C7H15ClO3. The predicted molar refractivity (Wildman–Crippen MR) is 43.6 cm³/mol. The van der Waals surface area contributed by atoms with Gasteiger partial charge in [-0.05, 0) is 6.42 Å². The number of halogens is 1. The minimum absolute atomic E-state index is 0.102. The van der Waals surface area contributed by atoms with Crippen LogP contribution in [-0.4, -0.2) is 35.1 Å². The van der Waals surface area contributed by atoms with E-state index >= 15 is 0 Å². The second kappa shape index (κ2) is 6.85. The van der Waals surface area contributed by atoms with Crippen LogP contribution in [0, 0.1) is 0 Å². The molecule has 0 heterocycles. The Morgan fingerprint density at radius 2 is 2.18 bits per heavy atom. The van der Waals surface area contributed by atoms with Crippen molar-refractivity contribution in [3.05, 3.63) is 0 Å². The summed E-state index contributed by atoms with van der Waals surface area (Å²) in [5, 5.41) is 17.2. The van der Waals surface area contributed by atoms with Gasteiger partial charge in [-0.2, -0.15) is 0 Å². The number of hydrogen-bond acceptors (Lipinski definition) is 3. The Morgan fingerprint density at radius 3 is 2.64 bits per heavy atom. The Kier molecular flexibility index (Phi) is 6.96. The SMILES string of the molecule is CCCC(Cl)OCC(O)CO. The van der Waals surface area contributed by atoms with E-state index in [0.717, 1.165) is 12.8 Å². The minimum atomic E-state index is -0.812. The van der Waals surface area contributed by atoms with Crippen LogP contribution in [0.5, 0.6) is 0 Å². The van der Waals surface area contributed by atoms with E-state index in [1.54, 1.807) is 0 Å². The largest absolute Gasteiger partial charge is 0.394 e. The van der Waals surface area contributed by atoms with Crippen LogP contribution in [-0.2, 0) is 4.74 Å². The van der Waals surface area contributed by atoms with Crippen LogP contribution in [0.25, 0.3) is 0 Å². The smallest absolute Gasteiger partial charge is 0.131 e. The number of alkyl halides is 1. The summed E-state index contributed by atoms with van der Waals surface area (Å²) in [6, 6.07) is 0. The first-order valence-electron chi connectivity index (χ1n) is 3.75. The first-order valence-corrected chi connectivity index (χ1v) is 4.19. The molecule has 0 aromatic heterocycles. The minimum Gasteiger partial charge on any atom is -0.394 e. The fourth-order valence-corrected chi connectivity index (χ4v) is 0.869. The molecule has 0 fully saturated rings. The van der Waals surface area contributed by atoms with Gasteiger partial charge in [-0.25, -0.2) is 0 Å². The van der Waals surface area contributed by atoms with E-state index in [0.29, 0.717) is 0 Å². The molecule has 0 aromatic rings. The molecule has 2 N–H and O–H groups in total. The molecule has 0 aliphatic heterocycles. The summed E-state index contributed by atoms with van der Waals surface area (Å²) in [5.74, 6) is 0. The van der Waals surface area contributed by atoms with Crippen molar-refractivity contribution in [1.82, 2.24) is 0 Å². The maximum Gasteiger partial charge on any atom is 0.131 e. The van der Waals surface area contributed by atoms with Crippen molar-refractivity contribution in [2.75, 3.05) is 13.2 Å². The number of hydrogen-bond donors (Lipinski definition) is 2. The van der Waals surface area contributed by atoms with Crippen LogP contribution >= 0.6 is 11.6 Å². The van der Waals surface area contributed by atoms with Crippen molar-refractivity contribution in [1.29, 1.82) is 0 Å². The molecular weight excluding hydrogens is 168 g/mol. The molecule has 0 aliphatic rings. The number of aliphatic hydroxyl groups excluding tert-OH is 2. The Morgan fingerprint density at radius 1 is 1.55 bits per heavy atom. The van der Waals surface area contributed by atoms with Crippen LogP contribution < -0.4 is 0 Å². The van der Waals surface area contributed by atoms with Gasteiger partial charge in [-0.1, -0.05) is 24.9 Å². The molecule has 0 aliphatic carbocycles. The highest BCUT2D eigenvalue weighted by atomic mass is 35.5. The van der Waals surface area contributed by atoms with Crippen LogP contribution in [0.1, 0.15) is 19.8 Å². The number of aliphatic hydroxyl groups is 2. The van der Waals surface area contributed by atoms with E-state index in [2.05, 4.69) is 0 Å². The molecule has 0 aromatic carbocycles. The van der Waals surface area contributed by atoms with Gasteiger partial charge in [-0.3, -0.25) is 0 Å². The molecule has 0 bridgehead atoms. The Labute approximate surface area is 71.9 Å². The third kappa shape index (κ3) is 6.56. The predicted octanol–water partition coefficient (Wildman–Crippen LogP) is 0.721. The molecule has 0 radical (unpaired) electrons. The standard InChI is InChI=1S/C7H15ClO3/c1-2-3-7(8)11-5-6(10)4-9/h6-7,9-10H,2-5H2,1H3. The van der Waals surface area contributed by atoms with E-state index in [9.17, 15) is 0 Å². The highest BCUT2D eigenvalue weighted by Crippen LogP contribution is 2.06. The zero-order chi connectivity index (χ0) is 8.69. The summed E-state index contributed by atoms with van der Waals surface area (Å²) in [4.78, 5) is 0. The normalized spacial score (nSPS) is 16.4. The third-order valence-electron chi connectivity index (χ3n) is 1.20. The van der Waals surface area contributed by atoms with Gasteiger partial charge in [-0.15, -0.1) is 0 Å². The summed E-state index contributed by atoms with van der Waals surface area (Å²) in [5.41, 5.74) is -0.346. The Hall–Kier alpha value is 0.170. The van der Waals surface area contributed by atoms with Gasteiger partial charge in [0.1, 0.15) is 11.7 Å². The van der Waals surface area contributed by atoms with Crippen molar-refractivity contribution in [2.24, 2.45) is 0 Å². The molecule has 0 saturated carbocycles. The van der Waals surface area contributed by atoms with E-state index in [-0.39, 0.29) is 18.8 Å². The summed E-state index contributed by atoms with van der Waals surface area (Å²) in [6.45, 7) is 1.82. The van der Waals surface area contributed by atoms with Crippen LogP contribution in [0.2, 0.25) is 0 Å². The van der Waals surface area contributed by atoms with E-state index in [1.807, 2.05) is 6.92 Å². The topological polar surface area (TPSA) is 49.7 Å². The molecule has 4 heteroatoms. The zero-order valence-electron chi connectivity index (χ0n) is 6.66. The maximum absolute atomic E-state index is 8.84. The van der Waals surface area contributed by atoms with Crippen molar-refractivity contribution in [2.45, 2.75) is 31.4 Å². The highest BCUT2D eigenvalue weighted by Gasteiger charge is 2.06. The first kappa shape index (κ1) is 11.2. The molecule has 2 unspecified atom stereocenters. The summed E-state index contributed by atoms with van der Waals surface area (Å²) in [6.07, 6.45) is 0.899. The van der Waals surface area contributed by atoms with Gasteiger partial charge in [0.25, 0.3) is 0 Å². The lowest BCUT2D eigenvalue weighted by atomic mass is 10.3. The zero-order valence-corrected chi connectivity index (χ0v) is 7.42. The van der Waals surface area contributed by atoms with Crippen molar-refractivity contribution in [3.63, 3.8) is 0 Å². The highest BCUT2D eigenvalue weighted by molar-refractivity contribution is 6.19. The first-order chi connectivity index (χ1) is 5.20. The average Bonchev–Trinajstić information content (AvgIpc) is 2.01. The van der Waals surface area contributed by atoms with Gasteiger partial charge < -0.3 is 14.9 Å². The molecule has 0 spiro atoms. The Balaban J connectivity index is 3.22. The monoisotopic (exact) mass is 182 g/mol. The number of rotatable bonds is 6. The lowest BCUT2D eigenvalue weighted by Crippen LogP contribution is -2.21. The fourth-order valence-electron chi connectivity index (χ4n) is 0.578. The molecule has 68 valence electrons. The summed E-state index contributed by atoms with van der Waals surface area (Å²) < 4.78 is 4.99. The second-order valence-electron chi connectivity index (χ2n) is 2.37. The maximum atomic E-state index is 8.84. The van der Waals surface area contributed by atoms with E-state index in [1.165, 1.54) is 0 Å². The molecule has 0 amide bonds. The van der Waals surface area contributed by atoms with E-state index in [4.69, 9.17) is 26.6 Å². The van der Waals surface area contributed by atoms with Gasteiger partial charge in [0.2, 0.25) is 0 Å². The van der Waals surface area contributed by atoms with Crippen LogP contribution in [0.4, 0.5) is 0 Å². The second-order valence-corrected chi connectivity index (χ2v) is 2.86. The third-order valence-corrected chi connectivity index (χ3v) is 1.54. The van der Waals surface area contributed by atoms with Crippen LogP contribution in [0.15, 0.2) is 0 Å². The summed E-state index contributed by atoms with van der Waals surface area (Å²) >= 11 is 5.67. The van der Waals surface area contributed by atoms with Gasteiger partial charge >= 0.3 is 0 Å². The van der Waals surface area contributed by atoms with Crippen LogP contribution in [0.3, 0.4) is 0 Å². The summed E-state index contributed by atoms with van der Waals surface area (Å²) in [7, 11) is 0. The van der Waals surface area contributed by atoms with Crippen molar-refractivity contribution >= 4 is 11.6 Å². The molecule has 11 heavy (non-hydrogen) atoms. The lowest BCUT2D eigenvalue weighted by Gasteiger charge is -2.12. The van der Waals surface area contributed by atoms with Gasteiger partial charge in [0.15, 0.2) is 0 Å². The molecule has 0 rings (SSSR count). The molecule has 3 nitrogen and oxygen atoms in total.